The molecule has 1 aromatic rings. The van der Waals surface area contributed by atoms with E-state index in [1.54, 1.807) is 12.1 Å². The van der Waals surface area contributed by atoms with Gasteiger partial charge >= 0.3 is 5.97 Å². The summed E-state index contributed by atoms with van der Waals surface area (Å²) in [5.74, 6) is -0.841. The first kappa shape index (κ1) is 15.1. The van der Waals surface area contributed by atoms with Crippen LogP contribution in [0, 0.1) is 0 Å². The maximum atomic E-state index is 11.8. The summed E-state index contributed by atoms with van der Waals surface area (Å²) in [6, 6.07) is 4.68. The van der Waals surface area contributed by atoms with Crippen LogP contribution in [0.2, 0.25) is 0 Å². The molecule has 6 nitrogen and oxygen atoms in total. The number of nitrogens with one attached hydrogen (secondary N) is 1. The number of pyridine rings is 1. The Hall–Kier alpha value is -1.95. The SMILES string of the molecule is COC(=O)c1cccc(C(=O)NCCCN(C)C)n1. The molecule has 0 saturated heterocycles. The van der Waals surface area contributed by atoms with E-state index < -0.39 is 5.97 Å². The Balaban J connectivity index is 2.55. The molecule has 0 aromatic carbocycles. The Kier molecular flexibility index (Phi) is 5.95. The highest BCUT2D eigenvalue weighted by atomic mass is 16.5. The van der Waals surface area contributed by atoms with Crippen molar-refractivity contribution in [3.63, 3.8) is 0 Å². The highest BCUT2D eigenvalue weighted by Crippen LogP contribution is 2.01. The molecular weight excluding hydrogens is 246 g/mol. The number of aromatic nitrogens is 1. The second-order valence-electron chi connectivity index (χ2n) is 4.31. The number of carbonyl (C=O) groups is 2. The number of hydrogen-bond donors (Lipinski definition) is 1. The van der Waals surface area contributed by atoms with Gasteiger partial charge in [-0.3, -0.25) is 4.79 Å². The van der Waals surface area contributed by atoms with Gasteiger partial charge in [0.25, 0.3) is 5.91 Å². The smallest absolute Gasteiger partial charge is 0.356 e. The Bertz CT molecular complexity index is 447. The van der Waals surface area contributed by atoms with Crippen LogP contribution in [0.15, 0.2) is 18.2 Å². The highest BCUT2D eigenvalue weighted by molar-refractivity contribution is 5.94. The van der Waals surface area contributed by atoms with Gasteiger partial charge in [0.15, 0.2) is 0 Å². The summed E-state index contributed by atoms with van der Waals surface area (Å²) in [4.78, 5) is 29.1. The third kappa shape index (κ3) is 5.05. The van der Waals surface area contributed by atoms with Crippen molar-refractivity contribution >= 4 is 11.9 Å². The second kappa shape index (κ2) is 7.48. The molecule has 0 fully saturated rings. The molecule has 0 aliphatic rings. The lowest BCUT2D eigenvalue weighted by molar-refractivity contribution is 0.0594. The monoisotopic (exact) mass is 265 g/mol. The number of hydrogen-bond acceptors (Lipinski definition) is 5. The lowest BCUT2D eigenvalue weighted by Crippen LogP contribution is -2.28. The normalized spacial score (nSPS) is 10.3. The van der Waals surface area contributed by atoms with Crippen LogP contribution in [0.25, 0.3) is 0 Å². The zero-order valence-electron chi connectivity index (χ0n) is 11.5. The van der Waals surface area contributed by atoms with E-state index in [0.29, 0.717) is 6.54 Å². The average molecular weight is 265 g/mol. The molecule has 0 atom stereocenters. The fourth-order valence-electron chi connectivity index (χ4n) is 1.47. The van der Waals surface area contributed by atoms with E-state index in [9.17, 15) is 9.59 Å². The van der Waals surface area contributed by atoms with E-state index in [0.717, 1.165) is 13.0 Å². The third-order valence-corrected chi connectivity index (χ3v) is 2.44. The molecule has 0 aliphatic heterocycles. The average Bonchev–Trinajstić information content (AvgIpc) is 2.42. The number of carbonyl (C=O) groups excluding carboxylic acids is 2. The fraction of sp³-hybridized carbons (Fsp3) is 0.462. The standard InChI is InChI=1S/C13H19N3O3/c1-16(2)9-5-8-14-12(17)10-6-4-7-11(15-10)13(18)19-3/h4,6-7H,5,8-9H2,1-3H3,(H,14,17). The Morgan fingerprint density at radius 1 is 1.32 bits per heavy atom. The topological polar surface area (TPSA) is 71.5 Å². The molecule has 1 amide bonds. The van der Waals surface area contributed by atoms with Crippen LogP contribution >= 0.6 is 0 Å². The Morgan fingerprint density at radius 3 is 2.63 bits per heavy atom. The van der Waals surface area contributed by atoms with Crippen LogP contribution in [-0.4, -0.2) is 56.1 Å². The van der Waals surface area contributed by atoms with Crippen LogP contribution in [0.4, 0.5) is 0 Å². The van der Waals surface area contributed by atoms with Gasteiger partial charge in [-0.1, -0.05) is 6.07 Å². The molecular formula is C13H19N3O3. The van der Waals surface area contributed by atoms with Crippen LogP contribution in [0.5, 0.6) is 0 Å². The molecule has 0 saturated carbocycles. The lowest BCUT2D eigenvalue weighted by atomic mass is 10.3. The predicted molar refractivity (Wildman–Crippen MR) is 71.1 cm³/mol. The van der Waals surface area contributed by atoms with Gasteiger partial charge in [-0.05, 0) is 39.2 Å². The van der Waals surface area contributed by atoms with Gasteiger partial charge in [0.05, 0.1) is 7.11 Å². The Morgan fingerprint density at radius 2 is 2.00 bits per heavy atom. The van der Waals surface area contributed by atoms with Gasteiger partial charge in [0.2, 0.25) is 0 Å². The summed E-state index contributed by atoms with van der Waals surface area (Å²) in [6.45, 7) is 1.47. The summed E-state index contributed by atoms with van der Waals surface area (Å²) in [6.07, 6.45) is 0.857. The van der Waals surface area contributed by atoms with Crippen LogP contribution < -0.4 is 5.32 Å². The van der Waals surface area contributed by atoms with Crippen molar-refractivity contribution in [2.75, 3.05) is 34.3 Å². The molecule has 1 N–H and O–H groups in total. The lowest BCUT2D eigenvalue weighted by Gasteiger charge is -2.09. The molecule has 6 heteroatoms. The summed E-state index contributed by atoms with van der Waals surface area (Å²) in [7, 11) is 5.23. The van der Waals surface area contributed by atoms with Crippen LogP contribution in [-0.2, 0) is 4.74 Å². The van der Waals surface area contributed by atoms with E-state index in [-0.39, 0.29) is 17.3 Å². The van der Waals surface area contributed by atoms with Crippen molar-refractivity contribution in [3.8, 4) is 0 Å². The van der Waals surface area contributed by atoms with Crippen LogP contribution in [0.3, 0.4) is 0 Å². The molecule has 104 valence electrons. The minimum absolute atomic E-state index is 0.128. The van der Waals surface area contributed by atoms with E-state index in [1.165, 1.54) is 13.2 Å². The van der Waals surface area contributed by atoms with Crippen molar-refractivity contribution in [1.29, 1.82) is 0 Å². The van der Waals surface area contributed by atoms with Crippen molar-refractivity contribution < 1.29 is 14.3 Å². The predicted octanol–water partition coefficient (Wildman–Crippen LogP) is 0.550. The summed E-state index contributed by atoms with van der Waals surface area (Å²) in [5.41, 5.74) is 0.344. The molecule has 0 unspecified atom stereocenters. The largest absolute Gasteiger partial charge is 0.464 e. The molecule has 0 spiro atoms. The van der Waals surface area contributed by atoms with Gasteiger partial charge in [0, 0.05) is 6.54 Å². The first-order valence-electron chi connectivity index (χ1n) is 6.03. The highest BCUT2D eigenvalue weighted by Gasteiger charge is 2.11. The minimum atomic E-state index is -0.553. The first-order chi connectivity index (χ1) is 9.04. The number of methoxy groups -OCH3 is 1. The number of nitrogens with zero attached hydrogens (tertiary/aromatic N) is 2. The fourth-order valence-corrected chi connectivity index (χ4v) is 1.47. The maximum Gasteiger partial charge on any atom is 0.356 e. The Labute approximate surface area is 112 Å². The van der Waals surface area contributed by atoms with E-state index >= 15 is 0 Å². The summed E-state index contributed by atoms with van der Waals surface area (Å²) in [5, 5.41) is 2.76. The van der Waals surface area contributed by atoms with Crippen molar-refractivity contribution in [2.45, 2.75) is 6.42 Å². The first-order valence-corrected chi connectivity index (χ1v) is 6.03. The summed E-state index contributed by atoms with van der Waals surface area (Å²) >= 11 is 0. The van der Waals surface area contributed by atoms with Crippen LogP contribution in [0.1, 0.15) is 27.4 Å². The molecule has 1 aromatic heterocycles. The molecule has 1 rings (SSSR count). The second-order valence-corrected chi connectivity index (χ2v) is 4.31. The van der Waals surface area contributed by atoms with E-state index in [4.69, 9.17) is 0 Å². The zero-order valence-corrected chi connectivity index (χ0v) is 11.5. The maximum absolute atomic E-state index is 11.8. The van der Waals surface area contributed by atoms with Gasteiger partial charge in [-0.25, -0.2) is 9.78 Å². The molecule has 0 bridgehead atoms. The van der Waals surface area contributed by atoms with Crippen molar-refractivity contribution in [1.82, 2.24) is 15.2 Å². The van der Waals surface area contributed by atoms with E-state index in [2.05, 4.69) is 15.0 Å². The van der Waals surface area contributed by atoms with Gasteiger partial charge < -0.3 is 15.0 Å². The number of ether oxygens (including phenoxy) is 1. The molecule has 0 aliphatic carbocycles. The van der Waals surface area contributed by atoms with Crippen molar-refractivity contribution in [3.05, 3.63) is 29.6 Å². The summed E-state index contributed by atoms with van der Waals surface area (Å²) < 4.78 is 4.56. The number of rotatable bonds is 6. The molecule has 1 heterocycles. The quantitative estimate of drug-likeness (QED) is 0.601. The number of amides is 1. The molecule has 0 radical (unpaired) electrons. The minimum Gasteiger partial charge on any atom is -0.464 e. The van der Waals surface area contributed by atoms with Gasteiger partial charge in [-0.15, -0.1) is 0 Å². The zero-order chi connectivity index (χ0) is 14.3. The van der Waals surface area contributed by atoms with Crippen molar-refractivity contribution in [2.24, 2.45) is 0 Å². The van der Waals surface area contributed by atoms with Gasteiger partial charge in [-0.2, -0.15) is 0 Å². The van der Waals surface area contributed by atoms with Gasteiger partial charge in [0.1, 0.15) is 11.4 Å². The number of esters is 1. The third-order valence-electron chi connectivity index (χ3n) is 2.44. The molecule has 19 heavy (non-hydrogen) atoms. The van der Waals surface area contributed by atoms with E-state index in [1.807, 2.05) is 19.0 Å².